The van der Waals surface area contributed by atoms with Gasteiger partial charge in [-0.15, -0.1) is 0 Å². The van der Waals surface area contributed by atoms with Gasteiger partial charge in [0.05, 0.1) is 18.7 Å². The summed E-state index contributed by atoms with van der Waals surface area (Å²) < 4.78 is 11.4. The third-order valence-electron chi connectivity index (χ3n) is 8.09. The summed E-state index contributed by atoms with van der Waals surface area (Å²) >= 11 is 0. The molecule has 4 saturated heterocycles. The summed E-state index contributed by atoms with van der Waals surface area (Å²) in [5.41, 5.74) is -0.355. The van der Waals surface area contributed by atoms with Gasteiger partial charge in [0, 0.05) is 30.5 Å². The van der Waals surface area contributed by atoms with Crippen LogP contribution in [0, 0.1) is 5.92 Å². The van der Waals surface area contributed by atoms with Crippen LogP contribution < -0.4 is 4.90 Å². The maximum absolute atomic E-state index is 13.2. The molecule has 7 heteroatoms. The lowest BCUT2D eigenvalue weighted by Crippen LogP contribution is -2.69. The molecule has 7 nitrogen and oxygen atoms in total. The summed E-state index contributed by atoms with van der Waals surface area (Å²) in [7, 11) is 1.38. The van der Waals surface area contributed by atoms with Crippen molar-refractivity contribution in [1.82, 2.24) is 4.90 Å². The van der Waals surface area contributed by atoms with Crippen LogP contribution in [-0.2, 0) is 24.7 Å². The highest BCUT2D eigenvalue weighted by Gasteiger charge is 2.79. The molecule has 0 unspecified atom stereocenters. The first-order valence-corrected chi connectivity index (χ1v) is 10.0. The van der Waals surface area contributed by atoms with Crippen LogP contribution in [0.15, 0.2) is 24.3 Å². The van der Waals surface area contributed by atoms with Gasteiger partial charge in [-0.05, 0) is 31.7 Å². The SMILES string of the molecule is COC(=O)N1c2ccccc2[C@]23CCN4C(=O)CC[C@]45CC[C@]12[C@@H](C5)C(=O)O3. The number of nitrogens with zero attached hydrogens (tertiary/aromatic N) is 2. The fraction of sp³-hybridized carbons (Fsp3) is 0.571. The maximum Gasteiger partial charge on any atom is 0.414 e. The highest BCUT2D eigenvalue weighted by Crippen LogP contribution is 2.69. The van der Waals surface area contributed by atoms with Gasteiger partial charge in [0.15, 0.2) is 5.60 Å². The second-order valence-electron chi connectivity index (χ2n) is 8.77. The summed E-state index contributed by atoms with van der Waals surface area (Å²) in [5, 5.41) is 0. The molecule has 5 fully saturated rings. The minimum atomic E-state index is -0.922. The van der Waals surface area contributed by atoms with Crippen molar-refractivity contribution in [2.24, 2.45) is 5.92 Å². The summed E-state index contributed by atoms with van der Waals surface area (Å²) in [6.45, 7) is 0.546. The monoisotopic (exact) mass is 382 g/mol. The van der Waals surface area contributed by atoms with Crippen LogP contribution in [0.4, 0.5) is 10.5 Å². The number of hydrogen-bond acceptors (Lipinski definition) is 5. The first-order chi connectivity index (χ1) is 13.5. The van der Waals surface area contributed by atoms with Crippen LogP contribution in [0.25, 0.3) is 0 Å². The molecule has 2 amide bonds. The fourth-order valence-corrected chi connectivity index (χ4v) is 7.03. The first-order valence-electron chi connectivity index (χ1n) is 10.0. The normalized spacial score (nSPS) is 39.8. The van der Waals surface area contributed by atoms with Gasteiger partial charge in [0.2, 0.25) is 5.91 Å². The first kappa shape index (κ1) is 16.4. The molecule has 146 valence electrons. The van der Waals surface area contributed by atoms with Gasteiger partial charge in [0.25, 0.3) is 0 Å². The standard InChI is InChI=1S/C21H22N2O5/c1-27-18(26)23-15-5-3-2-4-13(15)21-10-11-22-16(24)6-7-19(22)8-9-20(21,23)14(12-19)17(25)28-21/h2-5,14H,6-12H2,1H3/t14-,19+,20+,21+/m0/s1. The molecule has 4 atom stereocenters. The van der Waals surface area contributed by atoms with Gasteiger partial charge in [-0.2, -0.15) is 0 Å². The predicted octanol–water partition coefficient (Wildman–Crippen LogP) is 2.33. The topological polar surface area (TPSA) is 76.2 Å². The van der Waals surface area contributed by atoms with E-state index in [0.717, 1.165) is 24.1 Å². The molecule has 1 saturated carbocycles. The average Bonchev–Trinajstić information content (AvgIpc) is 3.21. The van der Waals surface area contributed by atoms with Crippen LogP contribution in [0.5, 0.6) is 0 Å². The van der Waals surface area contributed by atoms with E-state index in [-0.39, 0.29) is 17.4 Å². The van der Waals surface area contributed by atoms with Gasteiger partial charge in [-0.1, -0.05) is 18.2 Å². The molecule has 5 aliphatic heterocycles. The van der Waals surface area contributed by atoms with Crippen LogP contribution in [-0.4, -0.2) is 47.6 Å². The molecule has 4 bridgehead atoms. The van der Waals surface area contributed by atoms with Gasteiger partial charge in [0.1, 0.15) is 5.54 Å². The highest BCUT2D eigenvalue weighted by atomic mass is 16.6. The van der Waals surface area contributed by atoms with Gasteiger partial charge >= 0.3 is 12.1 Å². The number of amides is 2. The fourth-order valence-electron chi connectivity index (χ4n) is 7.03. The number of esters is 1. The number of carbonyl (C=O) groups is 3. The van der Waals surface area contributed by atoms with E-state index in [0.29, 0.717) is 32.2 Å². The quantitative estimate of drug-likeness (QED) is 0.644. The van der Waals surface area contributed by atoms with Crippen LogP contribution >= 0.6 is 0 Å². The van der Waals surface area contributed by atoms with E-state index >= 15 is 0 Å². The van der Waals surface area contributed by atoms with Crippen LogP contribution in [0.3, 0.4) is 0 Å². The zero-order chi connectivity index (χ0) is 19.3. The lowest BCUT2D eigenvalue weighted by Gasteiger charge is -2.56. The third kappa shape index (κ3) is 1.51. The van der Waals surface area contributed by atoms with Gasteiger partial charge in [-0.25, -0.2) is 4.79 Å². The number of fused-ring (bicyclic) bond motifs is 3. The summed E-state index contributed by atoms with van der Waals surface area (Å²) in [6.07, 6.45) is 3.33. The number of ether oxygens (including phenoxy) is 2. The van der Waals surface area contributed by atoms with Crippen molar-refractivity contribution in [3.8, 4) is 0 Å². The van der Waals surface area contributed by atoms with Gasteiger partial charge < -0.3 is 14.4 Å². The molecular formula is C21H22N2O5. The molecule has 5 heterocycles. The van der Waals surface area contributed by atoms with Crippen molar-refractivity contribution in [3.63, 3.8) is 0 Å². The van der Waals surface area contributed by atoms with Crippen molar-refractivity contribution in [1.29, 1.82) is 0 Å². The van der Waals surface area contributed by atoms with E-state index < -0.39 is 23.2 Å². The van der Waals surface area contributed by atoms with Crippen LogP contribution in [0.2, 0.25) is 0 Å². The van der Waals surface area contributed by atoms with E-state index in [4.69, 9.17) is 9.47 Å². The Morgan fingerprint density at radius 1 is 1.18 bits per heavy atom. The lowest BCUT2D eigenvalue weighted by atomic mass is 9.57. The molecule has 7 rings (SSSR count). The predicted molar refractivity (Wildman–Crippen MR) is 97.5 cm³/mol. The Kier molecular flexibility index (Phi) is 2.86. The molecule has 28 heavy (non-hydrogen) atoms. The zero-order valence-electron chi connectivity index (χ0n) is 15.8. The summed E-state index contributed by atoms with van der Waals surface area (Å²) in [4.78, 5) is 42.5. The molecule has 1 aromatic carbocycles. The zero-order valence-corrected chi connectivity index (χ0v) is 15.8. The van der Waals surface area contributed by atoms with Crippen molar-refractivity contribution >= 4 is 23.7 Å². The Morgan fingerprint density at radius 3 is 2.82 bits per heavy atom. The molecule has 1 aliphatic carbocycles. The number of methoxy groups -OCH3 is 1. The summed E-state index contributed by atoms with van der Waals surface area (Å²) in [5.74, 6) is -0.529. The Bertz CT molecular complexity index is 946. The number of para-hydroxylation sites is 1. The number of benzene rings is 1. The van der Waals surface area contributed by atoms with Crippen molar-refractivity contribution in [2.45, 2.75) is 55.2 Å². The Balaban J connectivity index is 1.63. The molecule has 2 spiro atoms. The van der Waals surface area contributed by atoms with E-state index in [1.807, 2.05) is 29.2 Å². The smallest absolute Gasteiger partial charge is 0.414 e. The molecule has 0 radical (unpaired) electrons. The third-order valence-corrected chi connectivity index (χ3v) is 8.09. The Labute approximate surface area is 162 Å². The number of rotatable bonds is 0. The number of anilines is 1. The maximum atomic E-state index is 13.2. The van der Waals surface area contributed by atoms with E-state index in [1.165, 1.54) is 7.11 Å². The van der Waals surface area contributed by atoms with E-state index in [2.05, 4.69) is 0 Å². The van der Waals surface area contributed by atoms with Crippen molar-refractivity contribution < 1.29 is 23.9 Å². The molecule has 1 aromatic rings. The molecule has 0 aromatic heterocycles. The molecule has 0 N–H and O–H groups in total. The largest absolute Gasteiger partial charge is 0.452 e. The number of carbonyl (C=O) groups excluding carboxylic acids is 3. The minimum Gasteiger partial charge on any atom is -0.452 e. The Hall–Kier alpha value is -2.57. The average molecular weight is 382 g/mol. The minimum absolute atomic E-state index is 0.175. The molecular weight excluding hydrogens is 360 g/mol. The second-order valence-corrected chi connectivity index (χ2v) is 8.77. The summed E-state index contributed by atoms with van der Waals surface area (Å²) in [6, 6.07) is 7.66. The van der Waals surface area contributed by atoms with E-state index in [9.17, 15) is 14.4 Å². The van der Waals surface area contributed by atoms with Crippen molar-refractivity contribution in [3.05, 3.63) is 29.8 Å². The second kappa shape index (κ2) is 4.88. The number of hydrogen-bond donors (Lipinski definition) is 0. The van der Waals surface area contributed by atoms with Crippen LogP contribution in [0.1, 0.15) is 44.1 Å². The molecule has 6 aliphatic rings. The van der Waals surface area contributed by atoms with Gasteiger partial charge in [-0.3, -0.25) is 14.5 Å². The van der Waals surface area contributed by atoms with E-state index in [1.54, 1.807) is 4.90 Å². The highest BCUT2D eigenvalue weighted by molar-refractivity contribution is 5.98. The lowest BCUT2D eigenvalue weighted by molar-refractivity contribution is -0.152. The van der Waals surface area contributed by atoms with Crippen molar-refractivity contribution in [2.75, 3.05) is 18.6 Å². The Morgan fingerprint density at radius 2 is 2.00 bits per heavy atom.